The highest BCUT2D eigenvalue weighted by molar-refractivity contribution is 6.00. The molecule has 0 radical (unpaired) electrons. The van der Waals surface area contributed by atoms with Gasteiger partial charge in [-0.15, -0.1) is 0 Å². The molecule has 7 heterocycles. The van der Waals surface area contributed by atoms with Gasteiger partial charge in [0.25, 0.3) is 5.91 Å². The smallest absolute Gasteiger partial charge is 0.291 e. The number of piperidine rings is 1. The van der Waals surface area contributed by atoms with Gasteiger partial charge in [-0.05, 0) is 57.2 Å². The molecule has 0 spiro atoms. The quantitative estimate of drug-likeness (QED) is 0.321. The van der Waals surface area contributed by atoms with Gasteiger partial charge in [-0.3, -0.25) is 14.7 Å². The van der Waals surface area contributed by atoms with Crippen LogP contribution in [0, 0.1) is 6.92 Å². The maximum atomic E-state index is 13.1. The average molecular weight is 538 g/mol. The van der Waals surface area contributed by atoms with Gasteiger partial charge in [0.2, 0.25) is 5.82 Å². The lowest BCUT2D eigenvalue weighted by Crippen LogP contribution is -2.46. The van der Waals surface area contributed by atoms with Gasteiger partial charge in [0.15, 0.2) is 17.2 Å². The number of aromatic amines is 1. The molecule has 2 aliphatic heterocycles. The lowest BCUT2D eigenvalue weighted by atomic mass is 9.85. The predicted octanol–water partition coefficient (Wildman–Crippen LogP) is 2.74. The van der Waals surface area contributed by atoms with Gasteiger partial charge in [-0.1, -0.05) is 0 Å². The lowest BCUT2D eigenvalue weighted by Gasteiger charge is -2.38. The standard InChI is InChI=1S/C27H27N11O2/c1-14-9-32-36(12-14)21-6-3-16(10-29-21)20-11-33-38-24(28)22(15(2)39)23(34-26(20)38)17-7-18-4-5-19(8-17)37(18)27(40)25-30-13-31-35-25/h3,6,9-13,17-19H,4-5,7-8,28H2,1-2H3,(H,30,31,35)/t17?,18-,19+. The van der Waals surface area contributed by atoms with Crippen molar-refractivity contribution >= 4 is 23.2 Å². The molecule has 0 aliphatic carbocycles. The molecular formula is C27H27N11O2. The highest BCUT2D eigenvalue weighted by Gasteiger charge is 2.45. The Morgan fingerprint density at radius 1 is 1.05 bits per heavy atom. The molecule has 0 aromatic carbocycles. The molecule has 13 heteroatoms. The third-order valence-corrected chi connectivity index (χ3v) is 8.04. The number of amides is 1. The summed E-state index contributed by atoms with van der Waals surface area (Å²) in [5.41, 5.74) is 10.8. The zero-order chi connectivity index (χ0) is 27.5. The SMILES string of the molecule is CC(=O)c1c(C2C[C@H]3CC[C@@H](C2)N3C(=O)c2ncn[nH]2)nc2c(-c3ccc(-n4cc(C)cn4)nc3)cnn2c1N. The molecular weight excluding hydrogens is 510 g/mol. The van der Waals surface area contributed by atoms with E-state index < -0.39 is 0 Å². The summed E-state index contributed by atoms with van der Waals surface area (Å²) in [6.45, 7) is 3.48. The van der Waals surface area contributed by atoms with Crippen LogP contribution in [0.5, 0.6) is 0 Å². The van der Waals surface area contributed by atoms with Gasteiger partial charge in [0.05, 0.1) is 23.7 Å². The number of carbonyl (C=O) groups is 2. The Kier molecular flexibility index (Phi) is 5.47. The van der Waals surface area contributed by atoms with Crippen LogP contribution in [0.25, 0.3) is 22.6 Å². The second-order valence-electron chi connectivity index (χ2n) is 10.6. The fourth-order valence-electron chi connectivity index (χ4n) is 6.27. The highest BCUT2D eigenvalue weighted by atomic mass is 16.2. The van der Waals surface area contributed by atoms with Crippen LogP contribution in [0.2, 0.25) is 0 Å². The number of Topliss-reactive ketones (excluding diaryl/α,β-unsaturated/α-hetero) is 1. The molecule has 0 saturated carbocycles. The molecule has 2 bridgehead atoms. The van der Waals surface area contributed by atoms with Crippen molar-refractivity contribution in [3.63, 3.8) is 0 Å². The van der Waals surface area contributed by atoms with E-state index in [4.69, 9.17) is 10.7 Å². The first-order valence-electron chi connectivity index (χ1n) is 13.2. The molecule has 5 aromatic rings. The molecule has 5 aromatic heterocycles. The van der Waals surface area contributed by atoms with E-state index in [1.54, 1.807) is 23.3 Å². The number of nitrogens with zero attached hydrogens (tertiary/aromatic N) is 9. The predicted molar refractivity (Wildman–Crippen MR) is 144 cm³/mol. The minimum atomic E-state index is -0.160. The van der Waals surface area contributed by atoms with Crippen LogP contribution in [0.1, 0.15) is 70.8 Å². The van der Waals surface area contributed by atoms with Crippen molar-refractivity contribution in [2.45, 2.75) is 57.5 Å². The summed E-state index contributed by atoms with van der Waals surface area (Å²) in [4.78, 5) is 41.6. The Morgan fingerprint density at radius 2 is 1.85 bits per heavy atom. The number of aromatic nitrogens is 9. The summed E-state index contributed by atoms with van der Waals surface area (Å²) in [6.07, 6.45) is 11.6. The molecule has 2 aliphatic rings. The van der Waals surface area contributed by atoms with Crippen molar-refractivity contribution in [3.8, 4) is 16.9 Å². The first kappa shape index (κ1) is 24.1. The maximum Gasteiger partial charge on any atom is 0.291 e. The van der Waals surface area contributed by atoms with Gasteiger partial charge in [0, 0.05) is 41.5 Å². The van der Waals surface area contributed by atoms with Gasteiger partial charge in [-0.25, -0.2) is 19.6 Å². The monoisotopic (exact) mass is 537 g/mol. The summed E-state index contributed by atoms with van der Waals surface area (Å²) in [7, 11) is 0. The largest absolute Gasteiger partial charge is 0.383 e. The first-order valence-corrected chi connectivity index (χ1v) is 13.2. The Morgan fingerprint density at radius 3 is 2.48 bits per heavy atom. The van der Waals surface area contributed by atoms with E-state index in [1.165, 1.54) is 17.8 Å². The number of hydrogen-bond donors (Lipinski definition) is 2. The number of pyridine rings is 1. The normalized spacial score (nSPS) is 20.4. The van der Waals surface area contributed by atoms with Gasteiger partial charge in [0.1, 0.15) is 12.1 Å². The minimum absolute atomic E-state index is 0.0208. The average Bonchev–Trinajstić information content (AvgIpc) is 3.75. The maximum absolute atomic E-state index is 13.1. The first-order chi connectivity index (χ1) is 19.4. The molecule has 2 saturated heterocycles. The number of nitrogens with one attached hydrogen (secondary N) is 1. The Bertz CT molecular complexity index is 1740. The Hall–Kier alpha value is -4.94. The molecule has 13 nitrogen and oxygen atoms in total. The zero-order valence-electron chi connectivity index (χ0n) is 22.0. The number of rotatable bonds is 5. The summed E-state index contributed by atoms with van der Waals surface area (Å²) in [5.74, 6) is 0.873. The fourth-order valence-corrected chi connectivity index (χ4v) is 6.27. The van der Waals surface area contributed by atoms with Crippen molar-refractivity contribution in [2.24, 2.45) is 0 Å². The fraction of sp³-hybridized carbons (Fsp3) is 0.333. The third kappa shape index (κ3) is 3.76. The molecule has 3 atom stereocenters. The highest BCUT2D eigenvalue weighted by Crippen LogP contribution is 2.45. The van der Waals surface area contributed by atoms with Crippen LogP contribution in [-0.2, 0) is 0 Å². The molecule has 3 N–H and O–H groups in total. The number of anilines is 1. The second-order valence-corrected chi connectivity index (χ2v) is 10.6. The van der Waals surface area contributed by atoms with E-state index in [0.717, 1.165) is 29.5 Å². The number of fused-ring (bicyclic) bond motifs is 3. The summed E-state index contributed by atoms with van der Waals surface area (Å²) in [6, 6.07) is 3.87. The van der Waals surface area contributed by atoms with E-state index in [0.29, 0.717) is 35.6 Å². The van der Waals surface area contributed by atoms with Crippen molar-refractivity contribution < 1.29 is 9.59 Å². The van der Waals surface area contributed by atoms with Crippen LogP contribution in [0.3, 0.4) is 0 Å². The summed E-state index contributed by atoms with van der Waals surface area (Å²) < 4.78 is 3.24. The lowest BCUT2D eigenvalue weighted by molar-refractivity contribution is 0.0556. The van der Waals surface area contributed by atoms with Crippen LogP contribution in [0.15, 0.2) is 43.2 Å². The number of carbonyl (C=O) groups excluding carboxylic acids is 2. The second kappa shape index (κ2) is 9.07. The third-order valence-electron chi connectivity index (χ3n) is 8.04. The van der Waals surface area contributed by atoms with Crippen LogP contribution in [0.4, 0.5) is 5.82 Å². The number of nitrogen functional groups attached to an aromatic ring is 1. The Labute approximate surface area is 228 Å². The Balaban J connectivity index is 1.26. The van der Waals surface area contributed by atoms with Crippen molar-refractivity contribution in [1.82, 2.24) is 49.4 Å². The number of nitrogens with two attached hydrogens (primary N) is 1. The van der Waals surface area contributed by atoms with E-state index in [2.05, 4.69) is 30.4 Å². The number of ketones is 1. The molecule has 2 fully saturated rings. The molecule has 1 amide bonds. The van der Waals surface area contributed by atoms with E-state index in [-0.39, 0.29) is 41.3 Å². The van der Waals surface area contributed by atoms with Crippen LogP contribution < -0.4 is 5.73 Å². The van der Waals surface area contributed by atoms with Crippen LogP contribution >= 0.6 is 0 Å². The van der Waals surface area contributed by atoms with Crippen molar-refractivity contribution in [1.29, 1.82) is 0 Å². The van der Waals surface area contributed by atoms with Gasteiger partial charge < -0.3 is 10.6 Å². The van der Waals surface area contributed by atoms with Gasteiger partial charge in [-0.2, -0.15) is 19.8 Å². The summed E-state index contributed by atoms with van der Waals surface area (Å²) in [5, 5.41) is 15.3. The number of aryl methyl sites for hydroxylation is 1. The topological polar surface area (TPSA) is 166 Å². The van der Waals surface area contributed by atoms with Crippen LogP contribution in [-0.4, -0.2) is 73.2 Å². The number of hydrogen-bond acceptors (Lipinski definition) is 9. The van der Waals surface area contributed by atoms with E-state index in [9.17, 15) is 9.59 Å². The van der Waals surface area contributed by atoms with Crippen molar-refractivity contribution in [3.05, 3.63) is 65.9 Å². The minimum Gasteiger partial charge on any atom is -0.383 e. The van der Waals surface area contributed by atoms with E-state index in [1.807, 2.05) is 30.2 Å². The zero-order valence-corrected chi connectivity index (χ0v) is 22.0. The summed E-state index contributed by atoms with van der Waals surface area (Å²) >= 11 is 0. The molecule has 7 rings (SSSR count). The molecule has 1 unspecified atom stereocenters. The van der Waals surface area contributed by atoms with Gasteiger partial charge >= 0.3 is 0 Å². The molecule has 202 valence electrons. The van der Waals surface area contributed by atoms with Crippen molar-refractivity contribution in [2.75, 3.05) is 5.73 Å². The molecule has 40 heavy (non-hydrogen) atoms. The van der Waals surface area contributed by atoms with E-state index >= 15 is 0 Å². The number of H-pyrrole nitrogens is 1.